The predicted molar refractivity (Wildman–Crippen MR) is 64.0 cm³/mol. The van der Waals surface area contributed by atoms with Gasteiger partial charge in [-0.05, 0) is 26.1 Å². The Morgan fingerprint density at radius 1 is 1.41 bits per heavy atom. The molecule has 3 nitrogen and oxygen atoms in total. The average Bonchev–Trinajstić information content (AvgIpc) is 2.32. The zero-order valence-corrected chi connectivity index (χ0v) is 10.3. The van der Waals surface area contributed by atoms with Crippen LogP contribution in [0.15, 0.2) is 24.3 Å². The van der Waals surface area contributed by atoms with Crippen LogP contribution in [0.1, 0.15) is 18.4 Å². The van der Waals surface area contributed by atoms with Crippen molar-refractivity contribution in [3.05, 3.63) is 35.6 Å². The molecule has 0 aromatic heterocycles. The van der Waals surface area contributed by atoms with Gasteiger partial charge >= 0.3 is 5.97 Å². The van der Waals surface area contributed by atoms with Crippen molar-refractivity contribution < 1.29 is 13.9 Å². The van der Waals surface area contributed by atoms with Crippen molar-refractivity contribution in [2.24, 2.45) is 0 Å². The van der Waals surface area contributed by atoms with Gasteiger partial charge in [-0.15, -0.1) is 0 Å². The maximum Gasteiger partial charge on any atom is 0.305 e. The van der Waals surface area contributed by atoms with E-state index in [1.807, 2.05) is 18.0 Å². The predicted octanol–water partition coefficient (Wildman–Crippen LogP) is 2.21. The average molecular weight is 239 g/mol. The number of carbonyl (C=O) groups excluding carboxylic acids is 1. The minimum Gasteiger partial charge on any atom is -0.469 e. The quantitative estimate of drug-likeness (QED) is 0.713. The van der Waals surface area contributed by atoms with Crippen LogP contribution in [0.2, 0.25) is 0 Å². The molecule has 1 aromatic carbocycles. The van der Waals surface area contributed by atoms with Crippen LogP contribution in [0.5, 0.6) is 0 Å². The van der Waals surface area contributed by atoms with Crippen molar-refractivity contribution in [3.8, 4) is 0 Å². The Bertz CT molecular complexity index is 368. The largest absolute Gasteiger partial charge is 0.469 e. The lowest BCUT2D eigenvalue weighted by molar-refractivity contribution is -0.140. The molecule has 0 atom stereocenters. The Kier molecular flexibility index (Phi) is 5.63. The highest BCUT2D eigenvalue weighted by Crippen LogP contribution is 2.09. The van der Waals surface area contributed by atoms with Crippen LogP contribution in [0.4, 0.5) is 4.39 Å². The molecule has 94 valence electrons. The summed E-state index contributed by atoms with van der Waals surface area (Å²) >= 11 is 0. The Labute approximate surface area is 101 Å². The molecule has 0 aliphatic rings. The van der Waals surface area contributed by atoms with E-state index >= 15 is 0 Å². The molecular weight excluding hydrogens is 221 g/mol. The number of hydrogen-bond acceptors (Lipinski definition) is 3. The molecule has 0 unspecified atom stereocenters. The number of hydrogen-bond donors (Lipinski definition) is 0. The number of benzene rings is 1. The second kappa shape index (κ2) is 7.01. The normalized spacial score (nSPS) is 10.6. The van der Waals surface area contributed by atoms with E-state index in [-0.39, 0.29) is 11.8 Å². The summed E-state index contributed by atoms with van der Waals surface area (Å²) in [7, 11) is 3.29. The first-order valence-corrected chi connectivity index (χ1v) is 5.62. The van der Waals surface area contributed by atoms with E-state index in [9.17, 15) is 9.18 Å². The first-order chi connectivity index (χ1) is 8.13. The van der Waals surface area contributed by atoms with Crippen LogP contribution in [0, 0.1) is 5.82 Å². The smallest absolute Gasteiger partial charge is 0.305 e. The molecule has 4 heteroatoms. The molecular formula is C13H18FNO2. The number of ether oxygens (including phenoxy) is 1. The number of rotatable bonds is 6. The van der Waals surface area contributed by atoms with Crippen LogP contribution >= 0.6 is 0 Å². The van der Waals surface area contributed by atoms with Crippen molar-refractivity contribution in [1.82, 2.24) is 4.90 Å². The zero-order chi connectivity index (χ0) is 12.7. The van der Waals surface area contributed by atoms with E-state index in [4.69, 9.17) is 0 Å². The summed E-state index contributed by atoms with van der Waals surface area (Å²) < 4.78 is 17.9. The van der Waals surface area contributed by atoms with Gasteiger partial charge in [0, 0.05) is 18.5 Å². The molecule has 17 heavy (non-hydrogen) atoms. The fraction of sp³-hybridized carbons (Fsp3) is 0.462. The third-order valence-electron chi connectivity index (χ3n) is 2.55. The van der Waals surface area contributed by atoms with E-state index in [1.165, 1.54) is 13.2 Å². The number of carbonyl (C=O) groups is 1. The van der Waals surface area contributed by atoms with Crippen molar-refractivity contribution >= 4 is 5.97 Å². The van der Waals surface area contributed by atoms with Crippen molar-refractivity contribution in [3.63, 3.8) is 0 Å². The van der Waals surface area contributed by atoms with Gasteiger partial charge in [0.25, 0.3) is 0 Å². The molecule has 1 rings (SSSR count). The maximum atomic E-state index is 13.4. The topological polar surface area (TPSA) is 29.5 Å². The molecule has 0 bridgehead atoms. The minimum absolute atomic E-state index is 0.188. The summed E-state index contributed by atoms with van der Waals surface area (Å²) in [5.74, 6) is -0.392. The summed E-state index contributed by atoms with van der Waals surface area (Å²) in [5.41, 5.74) is 0.674. The molecule has 1 aromatic rings. The van der Waals surface area contributed by atoms with Crippen LogP contribution in [-0.2, 0) is 16.1 Å². The van der Waals surface area contributed by atoms with Gasteiger partial charge in [0.15, 0.2) is 0 Å². The molecule has 0 saturated heterocycles. The van der Waals surface area contributed by atoms with E-state index in [0.717, 1.165) is 13.0 Å². The Balaban J connectivity index is 2.32. The van der Waals surface area contributed by atoms with Gasteiger partial charge < -0.3 is 9.64 Å². The highest BCUT2D eigenvalue weighted by Gasteiger charge is 2.06. The minimum atomic E-state index is -0.204. The molecule has 0 saturated carbocycles. The molecule has 0 aliphatic carbocycles. The van der Waals surface area contributed by atoms with Crippen LogP contribution in [-0.4, -0.2) is 31.6 Å². The monoisotopic (exact) mass is 239 g/mol. The molecule has 0 heterocycles. The second-order valence-electron chi connectivity index (χ2n) is 4.01. The highest BCUT2D eigenvalue weighted by molar-refractivity contribution is 5.69. The van der Waals surface area contributed by atoms with Gasteiger partial charge in [0.2, 0.25) is 0 Å². The van der Waals surface area contributed by atoms with Gasteiger partial charge in [-0.1, -0.05) is 18.2 Å². The van der Waals surface area contributed by atoms with E-state index in [0.29, 0.717) is 18.5 Å². The van der Waals surface area contributed by atoms with Gasteiger partial charge in [-0.3, -0.25) is 4.79 Å². The standard InChI is InChI=1S/C13H18FNO2/c1-15(9-5-8-13(16)17-2)10-11-6-3-4-7-12(11)14/h3-4,6-7H,5,8-10H2,1-2H3. The third kappa shape index (κ3) is 4.95. The van der Waals surface area contributed by atoms with E-state index in [1.54, 1.807) is 12.1 Å². The zero-order valence-electron chi connectivity index (χ0n) is 10.3. The summed E-state index contributed by atoms with van der Waals surface area (Å²) in [5, 5.41) is 0. The second-order valence-corrected chi connectivity index (χ2v) is 4.01. The first-order valence-electron chi connectivity index (χ1n) is 5.62. The lowest BCUT2D eigenvalue weighted by Gasteiger charge is -2.16. The van der Waals surface area contributed by atoms with Gasteiger partial charge in [-0.2, -0.15) is 0 Å². The summed E-state index contributed by atoms with van der Waals surface area (Å²) in [6.07, 6.45) is 1.12. The van der Waals surface area contributed by atoms with E-state index < -0.39 is 0 Å². The molecule has 0 N–H and O–H groups in total. The lowest BCUT2D eigenvalue weighted by atomic mass is 10.2. The fourth-order valence-corrected chi connectivity index (χ4v) is 1.59. The van der Waals surface area contributed by atoms with Crippen molar-refractivity contribution in [2.45, 2.75) is 19.4 Å². The van der Waals surface area contributed by atoms with Gasteiger partial charge in [0.1, 0.15) is 5.82 Å². The SMILES string of the molecule is COC(=O)CCCN(C)Cc1ccccc1F. The third-order valence-corrected chi connectivity index (χ3v) is 2.55. The highest BCUT2D eigenvalue weighted by atomic mass is 19.1. The number of halogens is 1. The molecule has 0 amide bonds. The van der Waals surface area contributed by atoms with Crippen molar-refractivity contribution in [2.75, 3.05) is 20.7 Å². The van der Waals surface area contributed by atoms with Crippen LogP contribution in [0.25, 0.3) is 0 Å². The number of esters is 1. The summed E-state index contributed by atoms with van der Waals surface area (Å²) in [6.45, 7) is 1.29. The molecule has 0 aliphatic heterocycles. The Morgan fingerprint density at radius 3 is 2.76 bits per heavy atom. The maximum absolute atomic E-state index is 13.4. The van der Waals surface area contributed by atoms with Gasteiger partial charge in [-0.25, -0.2) is 4.39 Å². The van der Waals surface area contributed by atoms with Gasteiger partial charge in [0.05, 0.1) is 7.11 Å². The molecule has 0 fully saturated rings. The van der Waals surface area contributed by atoms with Crippen LogP contribution in [0.3, 0.4) is 0 Å². The van der Waals surface area contributed by atoms with Crippen LogP contribution < -0.4 is 0 Å². The molecule has 0 spiro atoms. The summed E-state index contributed by atoms with van der Waals surface area (Å²) in [6, 6.07) is 6.72. The number of nitrogens with zero attached hydrogens (tertiary/aromatic N) is 1. The Hall–Kier alpha value is -1.42. The fourth-order valence-electron chi connectivity index (χ4n) is 1.59. The first kappa shape index (κ1) is 13.6. The Morgan fingerprint density at radius 2 is 2.12 bits per heavy atom. The number of methoxy groups -OCH3 is 1. The van der Waals surface area contributed by atoms with Crippen molar-refractivity contribution in [1.29, 1.82) is 0 Å². The molecule has 0 radical (unpaired) electrons. The summed E-state index contributed by atoms with van der Waals surface area (Å²) in [4.78, 5) is 12.9. The van der Waals surface area contributed by atoms with E-state index in [2.05, 4.69) is 4.74 Å². The lowest BCUT2D eigenvalue weighted by Crippen LogP contribution is -2.20.